The van der Waals surface area contributed by atoms with Crippen LogP contribution in [-0.4, -0.2) is 30.5 Å². The number of nitrogens with zero attached hydrogens (tertiary/aromatic N) is 1. The van der Waals surface area contributed by atoms with Gasteiger partial charge in [-0.1, -0.05) is 6.07 Å². The first-order valence-electron chi connectivity index (χ1n) is 5.82. The van der Waals surface area contributed by atoms with E-state index >= 15 is 0 Å². The van der Waals surface area contributed by atoms with E-state index in [1.165, 1.54) is 6.07 Å². The summed E-state index contributed by atoms with van der Waals surface area (Å²) in [5.74, 6) is -0.406. The summed E-state index contributed by atoms with van der Waals surface area (Å²) < 4.78 is 18.7. The van der Waals surface area contributed by atoms with E-state index in [2.05, 4.69) is 5.32 Å². The van der Waals surface area contributed by atoms with Crippen molar-refractivity contribution >= 4 is 0 Å². The van der Waals surface area contributed by atoms with E-state index in [1.807, 2.05) is 6.07 Å². The van der Waals surface area contributed by atoms with Crippen molar-refractivity contribution in [3.8, 4) is 6.07 Å². The van der Waals surface area contributed by atoms with Crippen LogP contribution in [0, 0.1) is 17.1 Å². The third kappa shape index (κ3) is 3.05. The largest absolute Gasteiger partial charge is 0.386 e. The number of benzene rings is 1. The summed E-state index contributed by atoms with van der Waals surface area (Å²) in [6, 6.07) is 6.25. The second kappa shape index (κ2) is 5.44. The summed E-state index contributed by atoms with van der Waals surface area (Å²) in [4.78, 5) is 0. The van der Waals surface area contributed by atoms with Crippen molar-refractivity contribution in [2.24, 2.45) is 0 Å². The molecule has 1 aromatic rings. The highest BCUT2D eigenvalue weighted by Gasteiger charge is 2.31. The highest BCUT2D eigenvalue weighted by Crippen LogP contribution is 2.17. The number of aliphatic hydroxyl groups is 1. The van der Waals surface area contributed by atoms with E-state index in [-0.39, 0.29) is 0 Å². The molecule has 0 bridgehead atoms. The number of ether oxygens (including phenoxy) is 1. The molecule has 96 valence electrons. The van der Waals surface area contributed by atoms with Crippen LogP contribution < -0.4 is 5.32 Å². The normalized spacial score (nSPS) is 22.9. The first-order chi connectivity index (χ1) is 8.63. The van der Waals surface area contributed by atoms with Gasteiger partial charge in [-0.15, -0.1) is 0 Å². The van der Waals surface area contributed by atoms with Crippen molar-refractivity contribution in [3.05, 3.63) is 35.1 Å². The molecule has 18 heavy (non-hydrogen) atoms. The molecule has 0 amide bonds. The SMILES string of the molecule is N#Cc1ccc(CNCC2(O)CCOC2)c(F)c1. The van der Waals surface area contributed by atoms with Crippen LogP contribution in [0.25, 0.3) is 0 Å². The summed E-state index contributed by atoms with van der Waals surface area (Å²) in [5.41, 5.74) is -0.0566. The van der Waals surface area contributed by atoms with E-state index in [9.17, 15) is 9.50 Å². The molecule has 0 spiro atoms. The molecule has 2 rings (SSSR count). The summed E-state index contributed by atoms with van der Waals surface area (Å²) >= 11 is 0. The lowest BCUT2D eigenvalue weighted by molar-refractivity contribution is 0.0268. The van der Waals surface area contributed by atoms with Gasteiger partial charge in [-0.3, -0.25) is 0 Å². The van der Waals surface area contributed by atoms with Crippen LogP contribution in [0.3, 0.4) is 0 Å². The third-order valence-corrected chi connectivity index (χ3v) is 3.03. The molecule has 0 aromatic heterocycles. The van der Waals surface area contributed by atoms with Crippen LogP contribution in [0.5, 0.6) is 0 Å². The Morgan fingerprint density at radius 2 is 2.39 bits per heavy atom. The monoisotopic (exact) mass is 250 g/mol. The molecular formula is C13H15FN2O2. The highest BCUT2D eigenvalue weighted by molar-refractivity contribution is 5.32. The molecule has 1 aliphatic rings. The van der Waals surface area contributed by atoms with Crippen LogP contribution >= 0.6 is 0 Å². The molecule has 1 aromatic carbocycles. The lowest BCUT2D eigenvalue weighted by atomic mass is 10.0. The molecule has 0 aliphatic carbocycles. The minimum Gasteiger partial charge on any atom is -0.386 e. The first kappa shape index (κ1) is 13.0. The molecule has 1 aliphatic heterocycles. The molecule has 0 radical (unpaired) electrons. The topological polar surface area (TPSA) is 65.3 Å². The van der Waals surface area contributed by atoms with Crippen LogP contribution in [0.2, 0.25) is 0 Å². The second-order valence-electron chi connectivity index (χ2n) is 4.55. The molecule has 2 N–H and O–H groups in total. The van der Waals surface area contributed by atoms with Crippen LogP contribution in [-0.2, 0) is 11.3 Å². The maximum Gasteiger partial charge on any atom is 0.129 e. The van der Waals surface area contributed by atoms with Gasteiger partial charge in [0.2, 0.25) is 0 Å². The van der Waals surface area contributed by atoms with Gasteiger partial charge >= 0.3 is 0 Å². The third-order valence-electron chi connectivity index (χ3n) is 3.03. The number of halogens is 1. The molecule has 0 saturated carbocycles. The van der Waals surface area contributed by atoms with Gasteiger partial charge in [0.25, 0.3) is 0 Å². The van der Waals surface area contributed by atoms with Gasteiger partial charge in [0, 0.05) is 31.7 Å². The van der Waals surface area contributed by atoms with E-state index < -0.39 is 11.4 Å². The predicted molar refractivity (Wildman–Crippen MR) is 63.2 cm³/mol. The average molecular weight is 250 g/mol. The molecule has 1 atom stereocenters. The van der Waals surface area contributed by atoms with E-state index in [0.29, 0.717) is 43.9 Å². The Labute approximate surface area is 105 Å². The lowest BCUT2D eigenvalue weighted by Crippen LogP contribution is -2.40. The Morgan fingerprint density at radius 1 is 1.56 bits per heavy atom. The number of hydrogen-bond acceptors (Lipinski definition) is 4. The first-order valence-corrected chi connectivity index (χ1v) is 5.82. The van der Waals surface area contributed by atoms with E-state index in [4.69, 9.17) is 10.00 Å². The van der Waals surface area contributed by atoms with Gasteiger partial charge in [-0.2, -0.15) is 5.26 Å². The molecule has 5 heteroatoms. The Morgan fingerprint density at radius 3 is 3.00 bits per heavy atom. The van der Waals surface area contributed by atoms with E-state index in [1.54, 1.807) is 12.1 Å². The van der Waals surface area contributed by atoms with Gasteiger partial charge in [0.1, 0.15) is 11.4 Å². The van der Waals surface area contributed by atoms with Crippen molar-refractivity contribution in [1.82, 2.24) is 5.32 Å². The minimum absolute atomic E-state index is 0.305. The number of rotatable bonds is 4. The maximum atomic E-state index is 13.6. The zero-order valence-corrected chi connectivity index (χ0v) is 9.95. The summed E-state index contributed by atoms with van der Waals surface area (Å²) in [7, 11) is 0. The molecular weight excluding hydrogens is 235 g/mol. The number of nitrogens with one attached hydrogen (secondary N) is 1. The van der Waals surface area contributed by atoms with Crippen LogP contribution in [0.4, 0.5) is 4.39 Å². The zero-order chi connectivity index (χ0) is 13.0. The van der Waals surface area contributed by atoms with Gasteiger partial charge in [0.05, 0.1) is 18.2 Å². The average Bonchev–Trinajstić information content (AvgIpc) is 2.78. The Kier molecular flexibility index (Phi) is 3.92. The molecule has 4 nitrogen and oxygen atoms in total. The molecule has 1 saturated heterocycles. The molecule has 1 unspecified atom stereocenters. The van der Waals surface area contributed by atoms with Crippen molar-refractivity contribution in [1.29, 1.82) is 5.26 Å². The Bertz CT molecular complexity index is 465. The minimum atomic E-state index is -0.844. The standard InChI is InChI=1S/C13H15FN2O2/c14-12-5-10(6-15)1-2-11(12)7-16-8-13(17)3-4-18-9-13/h1-2,5,16-17H,3-4,7-9H2. The predicted octanol–water partition coefficient (Wildman–Crippen LogP) is 0.938. The fourth-order valence-electron chi connectivity index (χ4n) is 1.93. The quantitative estimate of drug-likeness (QED) is 0.834. The molecule has 1 fully saturated rings. The van der Waals surface area contributed by atoms with Crippen molar-refractivity contribution in [2.45, 2.75) is 18.6 Å². The van der Waals surface area contributed by atoms with Gasteiger partial charge in [-0.05, 0) is 12.1 Å². The van der Waals surface area contributed by atoms with Crippen LogP contribution in [0.1, 0.15) is 17.5 Å². The summed E-state index contributed by atoms with van der Waals surface area (Å²) in [6.45, 7) is 1.56. The summed E-state index contributed by atoms with van der Waals surface area (Å²) in [5, 5.41) is 21.6. The highest BCUT2D eigenvalue weighted by atomic mass is 19.1. The van der Waals surface area contributed by atoms with Gasteiger partial charge in [0.15, 0.2) is 0 Å². The van der Waals surface area contributed by atoms with Crippen molar-refractivity contribution < 1.29 is 14.2 Å². The van der Waals surface area contributed by atoms with Crippen molar-refractivity contribution in [3.63, 3.8) is 0 Å². The fraction of sp³-hybridized carbons (Fsp3) is 0.462. The zero-order valence-electron chi connectivity index (χ0n) is 9.95. The summed E-state index contributed by atoms with van der Waals surface area (Å²) in [6.07, 6.45) is 0.593. The lowest BCUT2D eigenvalue weighted by Gasteiger charge is -2.20. The second-order valence-corrected chi connectivity index (χ2v) is 4.55. The number of nitriles is 1. The Hall–Kier alpha value is -1.48. The van der Waals surface area contributed by atoms with Crippen LogP contribution in [0.15, 0.2) is 18.2 Å². The van der Waals surface area contributed by atoms with E-state index in [0.717, 1.165) is 0 Å². The Balaban J connectivity index is 1.89. The van der Waals surface area contributed by atoms with Gasteiger partial charge in [-0.25, -0.2) is 4.39 Å². The van der Waals surface area contributed by atoms with Crippen molar-refractivity contribution in [2.75, 3.05) is 19.8 Å². The maximum absolute atomic E-state index is 13.6. The van der Waals surface area contributed by atoms with Gasteiger partial charge < -0.3 is 15.2 Å². The fourth-order valence-corrected chi connectivity index (χ4v) is 1.93. The smallest absolute Gasteiger partial charge is 0.129 e. The number of hydrogen-bond donors (Lipinski definition) is 2. The molecule has 1 heterocycles.